The molecule has 98 valence electrons. The zero-order valence-corrected chi connectivity index (χ0v) is 12.1. The molecule has 2 aromatic rings. The summed E-state index contributed by atoms with van der Waals surface area (Å²) < 4.78 is 0. The van der Waals surface area contributed by atoms with Gasteiger partial charge in [-0.2, -0.15) is 0 Å². The van der Waals surface area contributed by atoms with Gasteiger partial charge in [0.25, 0.3) is 0 Å². The lowest BCUT2D eigenvalue weighted by atomic mass is 10.2. The molecular formula is C14H14BrN3O. The predicted molar refractivity (Wildman–Crippen MR) is 79.1 cm³/mol. The molecule has 1 heterocycles. The Bertz CT molecular complexity index is 542. The number of nitrogens with zero attached hydrogens (tertiary/aromatic N) is 2. The Morgan fingerprint density at radius 2 is 1.89 bits per heavy atom. The Hall–Kier alpha value is -1.75. The fraction of sp³-hybridized carbons (Fsp3) is 0.214. The predicted octanol–water partition coefficient (Wildman–Crippen LogP) is 3.26. The lowest BCUT2D eigenvalue weighted by molar-refractivity contribution is -0.115. The van der Waals surface area contributed by atoms with Crippen LogP contribution in [0.5, 0.6) is 0 Å². The van der Waals surface area contributed by atoms with Crippen molar-refractivity contribution in [3.05, 3.63) is 42.7 Å². The van der Waals surface area contributed by atoms with Crippen LogP contribution in [0.2, 0.25) is 0 Å². The number of carbonyl (C=O) groups excluding carboxylic acids is 1. The first kappa shape index (κ1) is 13.7. The Morgan fingerprint density at radius 1 is 1.26 bits per heavy atom. The van der Waals surface area contributed by atoms with E-state index in [4.69, 9.17) is 0 Å². The van der Waals surface area contributed by atoms with Gasteiger partial charge in [-0.05, 0) is 6.42 Å². The van der Waals surface area contributed by atoms with Crippen LogP contribution in [0, 0.1) is 0 Å². The standard InChI is InChI=1S/C14H14BrN3O/c1-2-12(15)14(19)18-11-8-16-13(17-9-11)10-6-4-3-5-7-10/h3-9,12H,2H2,1H3,(H,18,19). The zero-order chi connectivity index (χ0) is 13.7. The summed E-state index contributed by atoms with van der Waals surface area (Å²) in [6.45, 7) is 1.94. The van der Waals surface area contributed by atoms with Gasteiger partial charge < -0.3 is 5.32 Å². The third kappa shape index (κ3) is 3.61. The van der Waals surface area contributed by atoms with Crippen LogP contribution in [0.15, 0.2) is 42.7 Å². The summed E-state index contributed by atoms with van der Waals surface area (Å²) in [5, 5.41) is 2.76. The van der Waals surface area contributed by atoms with Crippen molar-refractivity contribution in [3.63, 3.8) is 0 Å². The molecule has 0 aliphatic carbocycles. The molecule has 0 aliphatic rings. The van der Waals surface area contributed by atoms with E-state index in [0.29, 0.717) is 11.5 Å². The van der Waals surface area contributed by atoms with Crippen molar-refractivity contribution >= 4 is 27.5 Å². The van der Waals surface area contributed by atoms with Crippen LogP contribution >= 0.6 is 15.9 Å². The summed E-state index contributed by atoms with van der Waals surface area (Å²) in [5.74, 6) is 0.558. The molecule has 1 aromatic carbocycles. The fourth-order valence-corrected chi connectivity index (χ4v) is 1.65. The number of aromatic nitrogens is 2. The Morgan fingerprint density at radius 3 is 2.47 bits per heavy atom. The molecule has 0 saturated carbocycles. The average molecular weight is 320 g/mol. The van der Waals surface area contributed by atoms with Crippen LogP contribution in [-0.4, -0.2) is 20.7 Å². The summed E-state index contributed by atoms with van der Waals surface area (Å²) in [4.78, 5) is 20.0. The van der Waals surface area contributed by atoms with Crippen molar-refractivity contribution in [2.75, 3.05) is 5.32 Å². The van der Waals surface area contributed by atoms with Gasteiger partial charge in [-0.3, -0.25) is 4.79 Å². The SMILES string of the molecule is CCC(Br)C(=O)Nc1cnc(-c2ccccc2)nc1. The molecule has 1 unspecified atom stereocenters. The smallest absolute Gasteiger partial charge is 0.238 e. The second-order valence-electron chi connectivity index (χ2n) is 4.03. The third-order valence-electron chi connectivity index (χ3n) is 2.59. The third-order valence-corrected chi connectivity index (χ3v) is 3.66. The summed E-state index contributed by atoms with van der Waals surface area (Å²) in [5.41, 5.74) is 1.55. The van der Waals surface area contributed by atoms with Crippen molar-refractivity contribution in [1.29, 1.82) is 0 Å². The van der Waals surface area contributed by atoms with Crippen LogP contribution in [0.25, 0.3) is 11.4 Å². The number of anilines is 1. The Labute approximate surface area is 120 Å². The van der Waals surface area contributed by atoms with Gasteiger partial charge in [0.15, 0.2) is 5.82 Å². The highest BCUT2D eigenvalue weighted by molar-refractivity contribution is 9.10. The quantitative estimate of drug-likeness (QED) is 0.880. The molecule has 1 amide bonds. The molecule has 2 rings (SSSR count). The van der Waals surface area contributed by atoms with E-state index in [1.54, 1.807) is 12.4 Å². The number of benzene rings is 1. The van der Waals surface area contributed by atoms with E-state index < -0.39 is 0 Å². The molecule has 1 N–H and O–H groups in total. The molecule has 1 atom stereocenters. The highest BCUT2D eigenvalue weighted by Crippen LogP contribution is 2.15. The van der Waals surface area contributed by atoms with Crippen LogP contribution in [0.4, 0.5) is 5.69 Å². The van der Waals surface area contributed by atoms with Gasteiger partial charge in [-0.15, -0.1) is 0 Å². The Balaban J connectivity index is 2.09. The topological polar surface area (TPSA) is 54.9 Å². The maximum Gasteiger partial charge on any atom is 0.238 e. The average Bonchev–Trinajstić information content (AvgIpc) is 2.48. The van der Waals surface area contributed by atoms with Gasteiger partial charge in [0.05, 0.1) is 22.9 Å². The minimum absolute atomic E-state index is 0.0847. The molecule has 0 saturated heterocycles. The Kier molecular flexibility index (Phi) is 4.63. The van der Waals surface area contributed by atoms with Crippen LogP contribution in [0.1, 0.15) is 13.3 Å². The number of rotatable bonds is 4. The van der Waals surface area contributed by atoms with Gasteiger partial charge in [0.1, 0.15) is 0 Å². The van der Waals surface area contributed by atoms with E-state index in [1.165, 1.54) is 0 Å². The van der Waals surface area contributed by atoms with Crippen LogP contribution in [-0.2, 0) is 4.79 Å². The van der Waals surface area contributed by atoms with Crippen LogP contribution in [0.3, 0.4) is 0 Å². The van der Waals surface area contributed by atoms with Crippen molar-refractivity contribution in [3.8, 4) is 11.4 Å². The maximum absolute atomic E-state index is 11.7. The molecule has 0 aliphatic heterocycles. The summed E-state index contributed by atoms with van der Waals surface area (Å²) >= 11 is 3.30. The van der Waals surface area contributed by atoms with Gasteiger partial charge in [0.2, 0.25) is 5.91 Å². The van der Waals surface area contributed by atoms with E-state index >= 15 is 0 Å². The summed E-state index contributed by atoms with van der Waals surface area (Å²) in [7, 11) is 0. The van der Waals surface area contributed by atoms with E-state index in [0.717, 1.165) is 12.0 Å². The number of hydrogen-bond acceptors (Lipinski definition) is 3. The van der Waals surface area contributed by atoms with Crippen molar-refractivity contribution < 1.29 is 4.79 Å². The first-order valence-corrected chi connectivity index (χ1v) is 6.94. The van der Waals surface area contributed by atoms with Crippen LogP contribution < -0.4 is 5.32 Å². The zero-order valence-electron chi connectivity index (χ0n) is 10.5. The van der Waals surface area contributed by atoms with Gasteiger partial charge in [-0.25, -0.2) is 9.97 Å². The molecular weight excluding hydrogens is 306 g/mol. The second kappa shape index (κ2) is 6.43. The number of alkyl halides is 1. The summed E-state index contributed by atoms with van der Waals surface area (Å²) in [6, 6.07) is 9.70. The molecule has 0 spiro atoms. The van der Waals surface area contributed by atoms with Gasteiger partial charge in [-0.1, -0.05) is 53.2 Å². The van der Waals surface area contributed by atoms with Crippen molar-refractivity contribution in [2.45, 2.75) is 18.2 Å². The van der Waals surface area contributed by atoms with E-state index in [9.17, 15) is 4.79 Å². The molecule has 4 nitrogen and oxygen atoms in total. The fourth-order valence-electron chi connectivity index (χ4n) is 1.53. The molecule has 0 bridgehead atoms. The second-order valence-corrected chi connectivity index (χ2v) is 5.13. The number of amides is 1. The first-order valence-electron chi connectivity index (χ1n) is 6.03. The van der Waals surface area contributed by atoms with E-state index in [-0.39, 0.29) is 10.7 Å². The number of hydrogen-bond donors (Lipinski definition) is 1. The molecule has 19 heavy (non-hydrogen) atoms. The van der Waals surface area contributed by atoms with Gasteiger partial charge in [0, 0.05) is 5.56 Å². The first-order chi connectivity index (χ1) is 9.20. The minimum atomic E-state index is -0.193. The highest BCUT2D eigenvalue weighted by Gasteiger charge is 2.12. The molecule has 5 heteroatoms. The van der Waals surface area contributed by atoms with Crippen molar-refractivity contribution in [2.24, 2.45) is 0 Å². The molecule has 0 radical (unpaired) electrons. The highest BCUT2D eigenvalue weighted by atomic mass is 79.9. The largest absolute Gasteiger partial charge is 0.322 e. The lowest BCUT2D eigenvalue weighted by Gasteiger charge is -2.08. The molecule has 1 aromatic heterocycles. The lowest BCUT2D eigenvalue weighted by Crippen LogP contribution is -2.22. The van der Waals surface area contributed by atoms with Gasteiger partial charge >= 0.3 is 0 Å². The number of carbonyl (C=O) groups is 1. The number of halogens is 1. The van der Waals surface area contributed by atoms with Crippen molar-refractivity contribution in [1.82, 2.24) is 9.97 Å². The minimum Gasteiger partial charge on any atom is -0.322 e. The maximum atomic E-state index is 11.7. The van der Waals surface area contributed by atoms with E-state index in [2.05, 4.69) is 31.2 Å². The normalized spacial score (nSPS) is 11.9. The monoisotopic (exact) mass is 319 g/mol. The summed E-state index contributed by atoms with van der Waals surface area (Å²) in [6.07, 6.45) is 3.96. The number of nitrogens with one attached hydrogen (secondary N) is 1. The molecule has 0 fully saturated rings. The van der Waals surface area contributed by atoms with E-state index in [1.807, 2.05) is 37.3 Å².